The van der Waals surface area contributed by atoms with Crippen LogP contribution in [0.5, 0.6) is 0 Å². The summed E-state index contributed by atoms with van der Waals surface area (Å²) in [4.78, 5) is 0. The summed E-state index contributed by atoms with van der Waals surface area (Å²) in [6.07, 6.45) is 13.6. The second-order valence-electron chi connectivity index (χ2n) is 8.24. The van der Waals surface area contributed by atoms with Gasteiger partial charge in [0.1, 0.15) is 0 Å². The van der Waals surface area contributed by atoms with E-state index in [9.17, 15) is 0 Å². The smallest absolute Gasteiger partial charge is 1.00 e. The van der Waals surface area contributed by atoms with E-state index in [4.69, 9.17) is 0 Å². The van der Waals surface area contributed by atoms with Gasteiger partial charge in [-0.1, -0.05) is 84.4 Å². The first-order valence-electron chi connectivity index (χ1n) is 9.32. The Balaban J connectivity index is 0. The summed E-state index contributed by atoms with van der Waals surface area (Å²) < 4.78 is 0. The summed E-state index contributed by atoms with van der Waals surface area (Å²) in [5, 5.41) is 1.68. The molecule has 0 N–H and O–H groups in total. The molecule has 1 aliphatic heterocycles. The first-order chi connectivity index (χ1) is 10.7. The normalized spacial score (nSPS) is 21.6. The summed E-state index contributed by atoms with van der Waals surface area (Å²) in [5.74, 6) is 0. The summed E-state index contributed by atoms with van der Waals surface area (Å²) in [6.45, 7) is 15.5. The number of hydrogen-bond acceptors (Lipinski definition) is 0. The van der Waals surface area contributed by atoms with Crippen LogP contribution in [0.15, 0.2) is 33.6 Å². The average Bonchev–Trinajstić information content (AvgIpc) is 2.94. The predicted octanol–water partition coefficient (Wildman–Crippen LogP) is 0.985. The largest absolute Gasteiger partial charge is 4.00 e. The van der Waals surface area contributed by atoms with Crippen LogP contribution in [0.3, 0.4) is 0 Å². The molecule has 0 saturated carbocycles. The quantitative estimate of drug-likeness (QED) is 0.449. The van der Waals surface area contributed by atoms with E-state index in [1.165, 1.54) is 47.6 Å². The maximum Gasteiger partial charge on any atom is 4.00 e. The second kappa shape index (κ2) is 11.5. The fraction of sp³-hybridized carbons (Fsp3) is 0.636. The molecule has 0 aromatic carbocycles. The molecule has 0 amide bonds. The van der Waals surface area contributed by atoms with Crippen LogP contribution in [0.25, 0.3) is 0 Å². The molecular formula is C22H34Cl2SiTi. The maximum atomic E-state index is 3.62. The van der Waals surface area contributed by atoms with Gasteiger partial charge in [-0.05, 0) is 0 Å². The molecule has 0 radical (unpaired) electrons. The standard InChI is InChI=1S/C12H19Si.C10H15.2ClH.Ti/c1-3-7-13(8-4-9-13)12-6-5-11(2)10-12;1-7-6-10(4,5)9(3)8(7)2;;;/h6H,3-5,7-9H2,1-2H3;1-5H3;2*1H;/q2*-1;;;+4/p-2. The van der Waals surface area contributed by atoms with E-state index in [1.807, 2.05) is 0 Å². The van der Waals surface area contributed by atoms with Gasteiger partial charge in [-0.3, -0.25) is 12.2 Å². The van der Waals surface area contributed by atoms with E-state index in [1.54, 1.807) is 17.3 Å². The fourth-order valence-electron chi connectivity index (χ4n) is 4.08. The summed E-state index contributed by atoms with van der Waals surface area (Å²) in [7, 11) is -0.922. The third-order valence-corrected chi connectivity index (χ3v) is 11.7. The van der Waals surface area contributed by atoms with Gasteiger partial charge >= 0.3 is 21.7 Å². The van der Waals surface area contributed by atoms with E-state index >= 15 is 0 Å². The molecule has 26 heavy (non-hydrogen) atoms. The Kier molecular flexibility index (Phi) is 12.6. The SMILES string of the molecule is CC1=[C-]C(C)(C)C(C)=C1C.CCC[Si]1(C2=CCC(C)=[C-]2)CCC1.[Cl-].[Cl-].[Ti+4]. The Bertz CT molecular complexity index is 593. The van der Waals surface area contributed by atoms with Gasteiger partial charge in [-0.2, -0.15) is 16.7 Å². The Morgan fingerprint density at radius 3 is 1.88 bits per heavy atom. The van der Waals surface area contributed by atoms with E-state index in [0.717, 1.165) is 0 Å². The van der Waals surface area contributed by atoms with Gasteiger partial charge in [0.2, 0.25) is 0 Å². The van der Waals surface area contributed by atoms with Crippen LogP contribution in [-0.4, -0.2) is 8.07 Å². The molecule has 0 atom stereocenters. The van der Waals surface area contributed by atoms with Crippen molar-refractivity contribution >= 4 is 8.07 Å². The van der Waals surface area contributed by atoms with Crippen LogP contribution in [0.1, 0.15) is 67.7 Å². The van der Waals surface area contributed by atoms with Crippen molar-refractivity contribution in [2.75, 3.05) is 0 Å². The Morgan fingerprint density at radius 2 is 1.65 bits per heavy atom. The zero-order valence-corrected chi connectivity index (χ0v) is 21.6. The van der Waals surface area contributed by atoms with Crippen LogP contribution in [0.4, 0.5) is 0 Å². The topological polar surface area (TPSA) is 0 Å². The van der Waals surface area contributed by atoms with Crippen LogP contribution in [0.2, 0.25) is 18.1 Å². The average molecular weight is 445 g/mol. The minimum Gasteiger partial charge on any atom is -1.00 e. The monoisotopic (exact) mass is 444 g/mol. The third kappa shape index (κ3) is 6.24. The maximum absolute atomic E-state index is 3.62. The van der Waals surface area contributed by atoms with Crippen LogP contribution in [0, 0.1) is 17.6 Å². The van der Waals surface area contributed by atoms with Crippen molar-refractivity contribution in [3.63, 3.8) is 0 Å². The van der Waals surface area contributed by atoms with Gasteiger partial charge in [0, 0.05) is 8.07 Å². The number of halogens is 2. The van der Waals surface area contributed by atoms with Gasteiger partial charge in [-0.15, -0.1) is 6.92 Å². The molecule has 4 heteroatoms. The first kappa shape index (κ1) is 28.7. The number of rotatable bonds is 3. The molecule has 0 aromatic rings. The molecule has 0 nitrogen and oxygen atoms in total. The van der Waals surface area contributed by atoms with Crippen molar-refractivity contribution in [2.45, 2.75) is 85.9 Å². The summed E-state index contributed by atoms with van der Waals surface area (Å²) in [5.41, 5.74) is 5.86. The van der Waals surface area contributed by atoms with Gasteiger partial charge < -0.3 is 24.8 Å². The molecule has 144 valence electrons. The molecule has 0 aromatic heterocycles. The van der Waals surface area contributed by atoms with E-state index < -0.39 is 8.07 Å². The zero-order valence-electron chi connectivity index (χ0n) is 17.6. The Morgan fingerprint density at radius 1 is 1.08 bits per heavy atom. The number of allylic oxidation sites excluding steroid dienone is 8. The van der Waals surface area contributed by atoms with Crippen molar-refractivity contribution in [1.29, 1.82) is 0 Å². The molecule has 3 rings (SSSR count). The molecule has 0 bridgehead atoms. The minimum atomic E-state index is -0.922. The van der Waals surface area contributed by atoms with E-state index in [2.05, 4.69) is 66.7 Å². The van der Waals surface area contributed by atoms with Gasteiger partial charge in [0.25, 0.3) is 0 Å². The molecule has 0 unspecified atom stereocenters. The molecule has 0 spiro atoms. The van der Waals surface area contributed by atoms with Crippen molar-refractivity contribution in [2.24, 2.45) is 5.41 Å². The predicted molar refractivity (Wildman–Crippen MR) is 105 cm³/mol. The fourth-order valence-corrected chi connectivity index (χ4v) is 8.56. The molecule has 3 aliphatic rings. The molecule has 1 saturated heterocycles. The van der Waals surface area contributed by atoms with Crippen LogP contribution < -0.4 is 24.8 Å². The molecule has 2 aliphatic carbocycles. The molecule has 1 fully saturated rings. The summed E-state index contributed by atoms with van der Waals surface area (Å²) in [6, 6.07) is 4.61. The zero-order chi connectivity index (χ0) is 17.3. The van der Waals surface area contributed by atoms with Crippen LogP contribution >= 0.6 is 0 Å². The van der Waals surface area contributed by atoms with Crippen molar-refractivity contribution < 1.29 is 46.5 Å². The Hall–Kier alpha value is 0.471. The van der Waals surface area contributed by atoms with Gasteiger partial charge in [-0.25, -0.2) is 16.8 Å². The Labute approximate surface area is 190 Å². The molecule has 1 heterocycles. The third-order valence-electron chi connectivity index (χ3n) is 6.13. The van der Waals surface area contributed by atoms with Crippen LogP contribution in [-0.2, 0) is 21.7 Å². The number of hydrogen-bond donors (Lipinski definition) is 0. The second-order valence-corrected chi connectivity index (χ2v) is 12.8. The minimum absolute atomic E-state index is 0. The molecular weight excluding hydrogens is 411 g/mol. The van der Waals surface area contributed by atoms with Crippen molar-refractivity contribution in [3.8, 4) is 0 Å². The van der Waals surface area contributed by atoms with Gasteiger partial charge in [0.05, 0.1) is 0 Å². The van der Waals surface area contributed by atoms with Crippen molar-refractivity contribution in [3.05, 3.63) is 45.7 Å². The van der Waals surface area contributed by atoms with E-state index in [0.29, 0.717) is 0 Å². The van der Waals surface area contributed by atoms with Crippen molar-refractivity contribution in [1.82, 2.24) is 0 Å². The van der Waals surface area contributed by atoms with Gasteiger partial charge in [0.15, 0.2) is 0 Å². The summed E-state index contributed by atoms with van der Waals surface area (Å²) >= 11 is 0. The first-order valence-corrected chi connectivity index (χ1v) is 11.9. The van der Waals surface area contributed by atoms with E-state index in [-0.39, 0.29) is 51.9 Å².